The molecule has 0 N–H and O–H groups in total. The first-order valence-electron chi connectivity index (χ1n) is 5.36. The summed E-state index contributed by atoms with van der Waals surface area (Å²) in [5, 5.41) is 0. The fourth-order valence-corrected chi connectivity index (χ4v) is 1.52. The Morgan fingerprint density at radius 3 is 2.47 bits per heavy atom. The van der Waals surface area contributed by atoms with Crippen LogP contribution < -0.4 is 0 Å². The standard InChI is InChI=1S/C11H16O6/c1-4-16-10(14)11(2)5-7(11)9(13)17-6-8(12)15-3/h7H,4-6H2,1-3H3/t7-,11+/m0/s1. The molecule has 0 aromatic heterocycles. The Labute approximate surface area is 99.2 Å². The monoisotopic (exact) mass is 244 g/mol. The summed E-state index contributed by atoms with van der Waals surface area (Å²) in [7, 11) is 1.20. The summed E-state index contributed by atoms with van der Waals surface area (Å²) in [4.78, 5) is 33.8. The molecule has 96 valence electrons. The molecule has 0 aliphatic heterocycles. The molecule has 0 aromatic rings. The van der Waals surface area contributed by atoms with Crippen LogP contribution in [0.1, 0.15) is 20.3 Å². The van der Waals surface area contributed by atoms with E-state index in [0.29, 0.717) is 6.42 Å². The van der Waals surface area contributed by atoms with Gasteiger partial charge >= 0.3 is 17.9 Å². The third kappa shape index (κ3) is 2.95. The first kappa shape index (κ1) is 13.5. The molecule has 0 aromatic carbocycles. The smallest absolute Gasteiger partial charge is 0.344 e. The van der Waals surface area contributed by atoms with Crippen LogP contribution in [0.4, 0.5) is 0 Å². The van der Waals surface area contributed by atoms with Gasteiger partial charge in [0, 0.05) is 0 Å². The highest BCUT2D eigenvalue weighted by Gasteiger charge is 2.62. The van der Waals surface area contributed by atoms with E-state index in [1.54, 1.807) is 13.8 Å². The summed E-state index contributed by atoms with van der Waals surface area (Å²) in [6, 6.07) is 0. The predicted molar refractivity (Wildman–Crippen MR) is 55.8 cm³/mol. The molecule has 0 radical (unpaired) electrons. The first-order chi connectivity index (χ1) is 7.95. The molecule has 0 bridgehead atoms. The zero-order chi connectivity index (χ0) is 13.1. The van der Waals surface area contributed by atoms with E-state index in [1.165, 1.54) is 7.11 Å². The summed E-state index contributed by atoms with van der Waals surface area (Å²) in [6.07, 6.45) is 0.395. The van der Waals surface area contributed by atoms with Gasteiger partial charge < -0.3 is 14.2 Å². The lowest BCUT2D eigenvalue weighted by molar-refractivity contribution is -0.160. The number of ether oxygens (including phenoxy) is 3. The number of rotatable bonds is 5. The van der Waals surface area contributed by atoms with Crippen molar-refractivity contribution in [2.24, 2.45) is 11.3 Å². The van der Waals surface area contributed by atoms with Gasteiger partial charge in [-0.1, -0.05) is 0 Å². The number of hydrogen-bond acceptors (Lipinski definition) is 6. The quantitative estimate of drug-likeness (QED) is 0.511. The number of methoxy groups -OCH3 is 1. The Hall–Kier alpha value is -1.59. The second kappa shape index (κ2) is 5.16. The SMILES string of the molecule is CCOC(=O)[C@]1(C)C[C@H]1C(=O)OCC(=O)OC. The Bertz CT molecular complexity index is 337. The first-order valence-corrected chi connectivity index (χ1v) is 5.36. The maximum absolute atomic E-state index is 11.5. The molecule has 17 heavy (non-hydrogen) atoms. The fourth-order valence-electron chi connectivity index (χ4n) is 1.52. The molecule has 1 rings (SSSR count). The fraction of sp³-hybridized carbons (Fsp3) is 0.727. The van der Waals surface area contributed by atoms with Crippen LogP contribution in [0, 0.1) is 11.3 Å². The lowest BCUT2D eigenvalue weighted by Gasteiger charge is -2.09. The van der Waals surface area contributed by atoms with E-state index in [0.717, 1.165) is 0 Å². The molecular weight excluding hydrogens is 228 g/mol. The van der Waals surface area contributed by atoms with Gasteiger partial charge in [0.2, 0.25) is 0 Å². The molecule has 0 spiro atoms. The van der Waals surface area contributed by atoms with E-state index in [9.17, 15) is 14.4 Å². The number of carbonyl (C=O) groups excluding carboxylic acids is 3. The van der Waals surface area contributed by atoms with E-state index in [4.69, 9.17) is 9.47 Å². The highest BCUT2D eigenvalue weighted by atomic mass is 16.6. The molecule has 6 nitrogen and oxygen atoms in total. The second-order valence-corrected chi connectivity index (χ2v) is 4.08. The van der Waals surface area contributed by atoms with Gasteiger partial charge in [-0.05, 0) is 20.3 Å². The van der Waals surface area contributed by atoms with Gasteiger partial charge in [-0.2, -0.15) is 0 Å². The summed E-state index contributed by atoms with van der Waals surface area (Å²) in [5.41, 5.74) is -0.802. The van der Waals surface area contributed by atoms with Crippen molar-refractivity contribution in [2.45, 2.75) is 20.3 Å². The predicted octanol–water partition coefficient (Wildman–Crippen LogP) is 0.292. The van der Waals surface area contributed by atoms with Crippen molar-refractivity contribution < 1.29 is 28.6 Å². The molecule has 0 heterocycles. The molecule has 1 fully saturated rings. The number of esters is 3. The summed E-state index contributed by atoms with van der Waals surface area (Å²) in [6.45, 7) is 3.20. The molecule has 6 heteroatoms. The summed E-state index contributed by atoms with van der Waals surface area (Å²) >= 11 is 0. The summed E-state index contributed by atoms with van der Waals surface area (Å²) < 4.78 is 13.9. The van der Waals surface area contributed by atoms with E-state index in [2.05, 4.69) is 4.74 Å². The molecule has 1 saturated carbocycles. The van der Waals surface area contributed by atoms with Gasteiger partial charge in [-0.25, -0.2) is 4.79 Å². The van der Waals surface area contributed by atoms with Crippen LogP contribution in [0.5, 0.6) is 0 Å². The van der Waals surface area contributed by atoms with Crippen LogP contribution in [0.15, 0.2) is 0 Å². The van der Waals surface area contributed by atoms with Crippen molar-refractivity contribution in [3.63, 3.8) is 0 Å². The molecule has 0 unspecified atom stereocenters. The van der Waals surface area contributed by atoms with Gasteiger partial charge in [0.15, 0.2) is 6.61 Å². The van der Waals surface area contributed by atoms with Crippen LogP contribution in [-0.2, 0) is 28.6 Å². The third-order valence-corrected chi connectivity index (χ3v) is 2.82. The van der Waals surface area contributed by atoms with E-state index < -0.39 is 35.8 Å². The van der Waals surface area contributed by atoms with Crippen molar-refractivity contribution in [3.8, 4) is 0 Å². The average Bonchev–Trinajstić information content (AvgIpc) is 3.00. The minimum Gasteiger partial charge on any atom is -0.466 e. The van der Waals surface area contributed by atoms with Crippen molar-refractivity contribution in [2.75, 3.05) is 20.3 Å². The minimum atomic E-state index is -0.802. The lowest BCUT2D eigenvalue weighted by atomic mass is 10.1. The van der Waals surface area contributed by atoms with Gasteiger partial charge in [0.25, 0.3) is 0 Å². The largest absolute Gasteiger partial charge is 0.466 e. The molecule has 1 aliphatic carbocycles. The zero-order valence-electron chi connectivity index (χ0n) is 10.1. The second-order valence-electron chi connectivity index (χ2n) is 4.08. The van der Waals surface area contributed by atoms with Gasteiger partial charge in [-0.15, -0.1) is 0 Å². The average molecular weight is 244 g/mol. The maximum atomic E-state index is 11.5. The Morgan fingerprint density at radius 1 is 1.29 bits per heavy atom. The van der Waals surface area contributed by atoms with Crippen LogP contribution in [0.3, 0.4) is 0 Å². The minimum absolute atomic E-state index is 0.276. The highest BCUT2D eigenvalue weighted by molar-refractivity contribution is 5.91. The van der Waals surface area contributed by atoms with Crippen LogP contribution in [-0.4, -0.2) is 38.2 Å². The normalized spacial score (nSPS) is 25.9. The zero-order valence-corrected chi connectivity index (χ0v) is 10.1. The van der Waals surface area contributed by atoms with Crippen molar-refractivity contribution in [1.29, 1.82) is 0 Å². The van der Waals surface area contributed by atoms with Crippen LogP contribution in [0.25, 0.3) is 0 Å². The number of hydrogen-bond donors (Lipinski definition) is 0. The lowest BCUT2D eigenvalue weighted by Crippen LogP contribution is -2.23. The molecular formula is C11H16O6. The third-order valence-electron chi connectivity index (χ3n) is 2.82. The van der Waals surface area contributed by atoms with E-state index >= 15 is 0 Å². The van der Waals surface area contributed by atoms with Gasteiger partial charge in [0.1, 0.15) is 0 Å². The van der Waals surface area contributed by atoms with Gasteiger partial charge in [-0.3, -0.25) is 9.59 Å². The Morgan fingerprint density at radius 2 is 1.94 bits per heavy atom. The van der Waals surface area contributed by atoms with Crippen molar-refractivity contribution >= 4 is 17.9 Å². The Kier molecular flexibility index (Phi) is 4.09. The molecule has 1 aliphatic rings. The Balaban J connectivity index is 2.42. The summed E-state index contributed by atoms with van der Waals surface area (Å²) in [5.74, 6) is -2.12. The maximum Gasteiger partial charge on any atom is 0.344 e. The topological polar surface area (TPSA) is 78.9 Å². The molecule has 0 amide bonds. The van der Waals surface area contributed by atoms with E-state index in [-0.39, 0.29) is 6.61 Å². The molecule has 0 saturated heterocycles. The number of carbonyl (C=O) groups is 3. The van der Waals surface area contributed by atoms with Crippen LogP contribution >= 0.6 is 0 Å². The molecule has 2 atom stereocenters. The van der Waals surface area contributed by atoms with Crippen molar-refractivity contribution in [3.05, 3.63) is 0 Å². The van der Waals surface area contributed by atoms with Crippen molar-refractivity contribution in [1.82, 2.24) is 0 Å². The van der Waals surface area contributed by atoms with Crippen LogP contribution in [0.2, 0.25) is 0 Å². The highest BCUT2D eigenvalue weighted by Crippen LogP contribution is 2.53. The van der Waals surface area contributed by atoms with E-state index in [1.807, 2.05) is 0 Å². The van der Waals surface area contributed by atoms with Gasteiger partial charge in [0.05, 0.1) is 25.0 Å².